The monoisotopic (exact) mass is 254 g/mol. The largest absolute Gasteiger partial charge is 0.354 e. The van der Waals surface area contributed by atoms with E-state index in [9.17, 15) is 22.8 Å². The minimum atomic E-state index is -1.94. The number of rotatable bonds is 7. The van der Waals surface area contributed by atoms with Crippen molar-refractivity contribution in [1.29, 1.82) is 0 Å². The average Bonchev–Trinajstić information content (AvgIpc) is 2.27. The van der Waals surface area contributed by atoms with Crippen molar-refractivity contribution in [1.82, 2.24) is 10.6 Å². The van der Waals surface area contributed by atoms with Crippen LogP contribution in [0.5, 0.6) is 0 Å². The Hall–Kier alpha value is -1.27. The quantitative estimate of drug-likeness (QED) is 0.696. The number of halogens is 3. The minimum absolute atomic E-state index is 0.216. The average molecular weight is 254 g/mol. The third-order valence-corrected chi connectivity index (χ3v) is 2.47. The summed E-state index contributed by atoms with van der Waals surface area (Å²) in [5, 5.41) is 4.56. The maximum atomic E-state index is 12.8. The van der Waals surface area contributed by atoms with Crippen LogP contribution in [0.1, 0.15) is 13.8 Å². The van der Waals surface area contributed by atoms with Crippen LogP contribution in [0.15, 0.2) is 0 Å². The molecule has 0 radical (unpaired) electrons. The number of hydrogen-bond acceptors (Lipinski definition) is 2. The van der Waals surface area contributed by atoms with Crippen molar-refractivity contribution in [3.63, 3.8) is 0 Å². The maximum Gasteiger partial charge on any atom is 0.217 e. The Morgan fingerprint density at radius 3 is 1.82 bits per heavy atom. The number of hydrogen-bond donors (Lipinski definition) is 2. The number of amides is 2. The van der Waals surface area contributed by atoms with Gasteiger partial charge in [-0.3, -0.25) is 22.8 Å². The summed E-state index contributed by atoms with van der Waals surface area (Å²) in [5.41, 5.74) is -1.94. The van der Waals surface area contributed by atoms with Crippen LogP contribution >= 0.6 is 0 Å². The lowest BCUT2D eigenvalue weighted by Gasteiger charge is -2.34. The third-order valence-electron chi connectivity index (χ3n) is 2.47. The highest BCUT2D eigenvalue weighted by atomic mass is 19.1. The fraction of sp³-hybridized carbons (Fsp3) is 0.800. The molecule has 0 aromatic rings. The van der Waals surface area contributed by atoms with E-state index in [1.807, 2.05) is 0 Å². The molecule has 2 amide bonds. The highest BCUT2D eigenvalue weighted by Crippen LogP contribution is 2.24. The van der Waals surface area contributed by atoms with Crippen LogP contribution in [0.25, 0.3) is 0 Å². The molecule has 0 spiro atoms. The minimum Gasteiger partial charge on any atom is -0.354 e. The van der Waals surface area contributed by atoms with Crippen LogP contribution in [0.4, 0.5) is 13.2 Å². The van der Waals surface area contributed by atoms with E-state index < -0.39 is 43.3 Å². The lowest BCUT2D eigenvalue weighted by Crippen LogP contribution is -2.56. The summed E-state index contributed by atoms with van der Waals surface area (Å²) in [7, 11) is 0. The molecular weight excluding hydrogens is 237 g/mol. The summed E-state index contributed by atoms with van der Waals surface area (Å²) in [5.74, 6) is -0.967. The van der Waals surface area contributed by atoms with Gasteiger partial charge in [0.15, 0.2) is 0 Å². The predicted molar refractivity (Wildman–Crippen MR) is 56.6 cm³/mol. The molecule has 1 atom stereocenters. The van der Waals surface area contributed by atoms with Crippen LogP contribution in [-0.4, -0.2) is 44.4 Å². The lowest BCUT2D eigenvalue weighted by atomic mass is 9.83. The number of alkyl halides is 3. The van der Waals surface area contributed by atoms with Crippen molar-refractivity contribution < 1.29 is 22.8 Å². The highest BCUT2D eigenvalue weighted by molar-refractivity contribution is 5.74. The Balaban J connectivity index is 4.84. The Bertz CT molecular complexity index is 262. The molecule has 0 bridgehead atoms. The molecule has 4 nitrogen and oxygen atoms in total. The van der Waals surface area contributed by atoms with Gasteiger partial charge in [-0.25, -0.2) is 0 Å². The van der Waals surface area contributed by atoms with E-state index in [-0.39, 0.29) is 6.54 Å². The molecule has 1 unspecified atom stereocenters. The van der Waals surface area contributed by atoms with Crippen LogP contribution in [0.3, 0.4) is 0 Å². The van der Waals surface area contributed by atoms with E-state index in [0.29, 0.717) is 0 Å². The van der Waals surface area contributed by atoms with Crippen LogP contribution in [0, 0.1) is 5.41 Å². The molecule has 17 heavy (non-hydrogen) atoms. The van der Waals surface area contributed by atoms with Crippen LogP contribution in [-0.2, 0) is 9.59 Å². The van der Waals surface area contributed by atoms with Crippen LogP contribution < -0.4 is 10.6 Å². The van der Waals surface area contributed by atoms with Crippen molar-refractivity contribution in [3.8, 4) is 0 Å². The van der Waals surface area contributed by atoms with Crippen molar-refractivity contribution in [2.45, 2.75) is 19.9 Å². The van der Waals surface area contributed by atoms with Gasteiger partial charge < -0.3 is 10.6 Å². The SMILES string of the molecule is CC(=O)NCC(NC(C)=O)C(CF)(CF)CF. The standard InChI is InChI=1S/C10H17F3N2O2/c1-7(16)14-3-9(15-8(2)17)10(4-11,5-12)6-13/h9H,3-6H2,1-2H3,(H,14,16)(H,15,17). The van der Waals surface area contributed by atoms with E-state index in [1.165, 1.54) is 6.92 Å². The van der Waals surface area contributed by atoms with E-state index in [2.05, 4.69) is 10.6 Å². The maximum absolute atomic E-state index is 12.8. The molecule has 0 aliphatic rings. The Morgan fingerprint density at radius 2 is 1.53 bits per heavy atom. The van der Waals surface area contributed by atoms with Crippen molar-refractivity contribution >= 4 is 11.8 Å². The van der Waals surface area contributed by atoms with Gasteiger partial charge in [0.2, 0.25) is 11.8 Å². The first-order valence-electron chi connectivity index (χ1n) is 5.11. The van der Waals surface area contributed by atoms with Gasteiger partial charge in [-0.05, 0) is 0 Å². The highest BCUT2D eigenvalue weighted by Gasteiger charge is 2.40. The number of carbonyl (C=O) groups excluding carboxylic acids is 2. The topological polar surface area (TPSA) is 58.2 Å². The summed E-state index contributed by atoms with van der Waals surface area (Å²) in [4.78, 5) is 21.6. The third kappa shape index (κ3) is 4.62. The molecule has 100 valence electrons. The second-order valence-electron chi connectivity index (χ2n) is 3.95. The molecule has 0 saturated heterocycles. The molecule has 0 saturated carbocycles. The number of carbonyl (C=O) groups is 2. The molecule has 0 aromatic carbocycles. The van der Waals surface area contributed by atoms with Gasteiger partial charge in [-0.1, -0.05) is 0 Å². The summed E-state index contributed by atoms with van der Waals surface area (Å²) in [6.07, 6.45) is 0. The first kappa shape index (κ1) is 15.7. The molecule has 7 heteroatoms. The normalized spacial score (nSPS) is 13.0. The second kappa shape index (κ2) is 7.13. The first-order chi connectivity index (χ1) is 7.91. The van der Waals surface area contributed by atoms with Crippen molar-refractivity contribution in [2.75, 3.05) is 26.6 Å². The fourth-order valence-electron chi connectivity index (χ4n) is 1.30. The first-order valence-corrected chi connectivity index (χ1v) is 5.11. The fourth-order valence-corrected chi connectivity index (χ4v) is 1.30. The van der Waals surface area contributed by atoms with Gasteiger partial charge >= 0.3 is 0 Å². The summed E-state index contributed by atoms with van der Waals surface area (Å²) < 4.78 is 38.4. The number of nitrogens with one attached hydrogen (secondary N) is 2. The van der Waals surface area contributed by atoms with Gasteiger partial charge in [0.1, 0.15) is 20.0 Å². The molecule has 0 aliphatic carbocycles. The second-order valence-corrected chi connectivity index (χ2v) is 3.95. The lowest BCUT2D eigenvalue weighted by molar-refractivity contribution is -0.123. The van der Waals surface area contributed by atoms with Gasteiger partial charge in [0.25, 0.3) is 0 Å². The molecule has 0 fully saturated rings. The van der Waals surface area contributed by atoms with E-state index in [1.54, 1.807) is 0 Å². The molecule has 0 rings (SSSR count). The Labute approximate surface area is 97.9 Å². The summed E-state index contributed by atoms with van der Waals surface area (Å²) >= 11 is 0. The predicted octanol–water partition coefficient (Wildman–Crippen LogP) is 0.522. The van der Waals surface area contributed by atoms with E-state index >= 15 is 0 Å². The smallest absolute Gasteiger partial charge is 0.217 e. The van der Waals surface area contributed by atoms with Crippen molar-refractivity contribution in [3.05, 3.63) is 0 Å². The molecule has 0 aliphatic heterocycles. The zero-order chi connectivity index (χ0) is 13.5. The van der Waals surface area contributed by atoms with Gasteiger partial charge in [-0.15, -0.1) is 0 Å². The van der Waals surface area contributed by atoms with E-state index in [0.717, 1.165) is 6.92 Å². The summed E-state index contributed by atoms with van der Waals surface area (Å²) in [6.45, 7) is -1.63. The van der Waals surface area contributed by atoms with Crippen molar-refractivity contribution in [2.24, 2.45) is 5.41 Å². The zero-order valence-electron chi connectivity index (χ0n) is 9.86. The Kier molecular flexibility index (Phi) is 6.60. The van der Waals surface area contributed by atoms with E-state index in [4.69, 9.17) is 0 Å². The molecule has 0 heterocycles. The van der Waals surface area contributed by atoms with Gasteiger partial charge in [-0.2, -0.15) is 0 Å². The molecule has 2 N–H and O–H groups in total. The summed E-state index contributed by atoms with van der Waals surface area (Å²) in [6, 6.07) is -1.12. The zero-order valence-corrected chi connectivity index (χ0v) is 9.86. The molecule has 0 aromatic heterocycles. The molecular formula is C10H17F3N2O2. The van der Waals surface area contributed by atoms with Gasteiger partial charge in [0, 0.05) is 20.4 Å². The van der Waals surface area contributed by atoms with Gasteiger partial charge in [0.05, 0.1) is 11.5 Å². The Morgan fingerprint density at radius 1 is 1.06 bits per heavy atom. The van der Waals surface area contributed by atoms with Crippen LogP contribution in [0.2, 0.25) is 0 Å².